The van der Waals surface area contributed by atoms with E-state index in [4.69, 9.17) is 0 Å². The highest BCUT2D eigenvalue weighted by Gasteiger charge is 1.96. The Morgan fingerprint density at radius 1 is 0.696 bits per heavy atom. The minimum atomic E-state index is 1.21. The maximum absolute atomic E-state index is 2.35. The highest BCUT2D eigenvalue weighted by atomic mass is 14.0. The highest BCUT2D eigenvalue weighted by molar-refractivity contribution is 5.90. The number of hydrogen-bond acceptors (Lipinski definition) is 0. The SMILES string of the molecule is CCCCCCCCCCC/C=C/c1cccc2ccccc12. The Morgan fingerprint density at radius 3 is 2.13 bits per heavy atom. The van der Waals surface area contributed by atoms with E-state index < -0.39 is 0 Å². The van der Waals surface area contributed by atoms with Gasteiger partial charge in [-0.05, 0) is 29.2 Å². The molecule has 0 radical (unpaired) electrons. The summed E-state index contributed by atoms with van der Waals surface area (Å²) >= 11 is 0. The van der Waals surface area contributed by atoms with Gasteiger partial charge in [-0.3, -0.25) is 0 Å². The van der Waals surface area contributed by atoms with E-state index >= 15 is 0 Å². The zero-order valence-corrected chi connectivity index (χ0v) is 14.8. The lowest BCUT2D eigenvalue weighted by atomic mass is 10.0. The average molecular weight is 309 g/mol. The molecule has 0 spiro atoms. The minimum Gasteiger partial charge on any atom is -0.0839 e. The standard InChI is InChI=1S/C23H32/c1-2-3-4-5-6-7-8-9-10-11-12-16-21-18-15-19-22-17-13-14-20-23(21)22/h12-20H,2-11H2,1H3/b16-12+. The Kier molecular flexibility index (Phi) is 8.55. The monoisotopic (exact) mass is 308 g/mol. The van der Waals surface area contributed by atoms with Crippen LogP contribution in [0.4, 0.5) is 0 Å². The van der Waals surface area contributed by atoms with Crippen LogP contribution in [0.25, 0.3) is 16.8 Å². The van der Waals surface area contributed by atoms with Gasteiger partial charge in [0.05, 0.1) is 0 Å². The molecule has 0 aliphatic rings. The van der Waals surface area contributed by atoms with Crippen LogP contribution in [-0.4, -0.2) is 0 Å². The summed E-state index contributed by atoms with van der Waals surface area (Å²) in [6.07, 6.45) is 18.5. The number of allylic oxidation sites excluding steroid dienone is 1. The molecule has 2 rings (SSSR count). The molecule has 124 valence electrons. The second-order valence-electron chi connectivity index (χ2n) is 6.59. The fourth-order valence-corrected chi connectivity index (χ4v) is 3.18. The summed E-state index contributed by atoms with van der Waals surface area (Å²) in [6, 6.07) is 15.2. The van der Waals surface area contributed by atoms with Crippen molar-refractivity contribution >= 4 is 16.8 Å². The topological polar surface area (TPSA) is 0 Å². The van der Waals surface area contributed by atoms with E-state index in [1.54, 1.807) is 0 Å². The van der Waals surface area contributed by atoms with E-state index in [9.17, 15) is 0 Å². The van der Waals surface area contributed by atoms with E-state index in [-0.39, 0.29) is 0 Å². The van der Waals surface area contributed by atoms with Gasteiger partial charge in [0.2, 0.25) is 0 Å². The van der Waals surface area contributed by atoms with Crippen LogP contribution in [0.15, 0.2) is 48.5 Å². The van der Waals surface area contributed by atoms with Crippen molar-refractivity contribution in [3.8, 4) is 0 Å². The fraction of sp³-hybridized carbons (Fsp3) is 0.478. The van der Waals surface area contributed by atoms with Crippen LogP contribution in [0, 0.1) is 0 Å². The summed E-state index contributed by atoms with van der Waals surface area (Å²) in [5, 5.41) is 2.69. The Labute approximate surface area is 142 Å². The third-order valence-electron chi connectivity index (χ3n) is 4.60. The van der Waals surface area contributed by atoms with Crippen LogP contribution in [0.5, 0.6) is 0 Å². The molecule has 0 unspecified atom stereocenters. The molecule has 0 heteroatoms. The van der Waals surface area contributed by atoms with Gasteiger partial charge in [0.15, 0.2) is 0 Å². The number of fused-ring (bicyclic) bond motifs is 1. The Hall–Kier alpha value is -1.56. The molecule has 0 bridgehead atoms. The Morgan fingerprint density at radius 2 is 1.35 bits per heavy atom. The minimum absolute atomic E-state index is 1.21. The summed E-state index contributed by atoms with van der Waals surface area (Å²) in [6.45, 7) is 2.28. The second-order valence-corrected chi connectivity index (χ2v) is 6.59. The van der Waals surface area contributed by atoms with Gasteiger partial charge in [-0.2, -0.15) is 0 Å². The lowest BCUT2D eigenvalue weighted by Gasteiger charge is -2.02. The van der Waals surface area contributed by atoms with Crippen molar-refractivity contribution in [3.63, 3.8) is 0 Å². The summed E-state index contributed by atoms with van der Waals surface area (Å²) in [5.74, 6) is 0. The number of rotatable bonds is 11. The van der Waals surface area contributed by atoms with Crippen LogP contribution in [0.1, 0.15) is 76.7 Å². The summed E-state index contributed by atoms with van der Waals surface area (Å²) in [5.41, 5.74) is 1.35. The van der Waals surface area contributed by atoms with Crippen LogP contribution in [0.2, 0.25) is 0 Å². The van der Waals surface area contributed by atoms with E-state index in [2.05, 4.69) is 61.5 Å². The first kappa shape index (κ1) is 17.8. The molecule has 0 aromatic heterocycles. The smallest absolute Gasteiger partial charge is 0.0112 e. The van der Waals surface area contributed by atoms with Crippen LogP contribution in [-0.2, 0) is 0 Å². The fourth-order valence-electron chi connectivity index (χ4n) is 3.18. The third-order valence-corrected chi connectivity index (χ3v) is 4.60. The highest BCUT2D eigenvalue weighted by Crippen LogP contribution is 2.20. The van der Waals surface area contributed by atoms with Crippen molar-refractivity contribution in [1.82, 2.24) is 0 Å². The predicted molar refractivity (Wildman–Crippen MR) is 105 cm³/mol. The molecule has 0 atom stereocenters. The lowest BCUT2D eigenvalue weighted by molar-refractivity contribution is 0.566. The quantitative estimate of drug-likeness (QED) is 0.372. The number of benzene rings is 2. The van der Waals surface area contributed by atoms with Gasteiger partial charge in [0.1, 0.15) is 0 Å². The van der Waals surface area contributed by atoms with Gasteiger partial charge in [-0.25, -0.2) is 0 Å². The molecule has 0 nitrogen and oxygen atoms in total. The van der Waals surface area contributed by atoms with Gasteiger partial charge in [-0.15, -0.1) is 0 Å². The molecular weight excluding hydrogens is 276 g/mol. The van der Waals surface area contributed by atoms with Gasteiger partial charge in [-0.1, -0.05) is 113 Å². The van der Waals surface area contributed by atoms with Crippen molar-refractivity contribution < 1.29 is 0 Å². The van der Waals surface area contributed by atoms with Crippen molar-refractivity contribution in [2.75, 3.05) is 0 Å². The summed E-state index contributed by atoms with van der Waals surface area (Å²) in [4.78, 5) is 0. The lowest BCUT2D eigenvalue weighted by Crippen LogP contribution is -1.81. The Balaban J connectivity index is 1.61. The maximum atomic E-state index is 2.35. The van der Waals surface area contributed by atoms with Crippen LogP contribution >= 0.6 is 0 Å². The zero-order chi connectivity index (χ0) is 16.2. The molecule has 0 aliphatic heterocycles. The van der Waals surface area contributed by atoms with Gasteiger partial charge >= 0.3 is 0 Å². The molecule has 0 saturated heterocycles. The summed E-state index contributed by atoms with van der Waals surface area (Å²) in [7, 11) is 0. The summed E-state index contributed by atoms with van der Waals surface area (Å²) < 4.78 is 0. The van der Waals surface area contributed by atoms with Crippen LogP contribution < -0.4 is 0 Å². The molecule has 2 aromatic rings. The first-order valence-electron chi connectivity index (χ1n) is 9.56. The molecule has 0 heterocycles. The average Bonchev–Trinajstić information content (AvgIpc) is 2.60. The predicted octanol–water partition coefficient (Wildman–Crippen LogP) is 7.77. The van der Waals surface area contributed by atoms with Crippen molar-refractivity contribution in [2.45, 2.75) is 71.1 Å². The van der Waals surface area contributed by atoms with E-state index in [0.717, 1.165) is 0 Å². The van der Waals surface area contributed by atoms with Crippen molar-refractivity contribution in [3.05, 3.63) is 54.1 Å². The maximum Gasteiger partial charge on any atom is -0.0112 e. The molecule has 0 N–H and O–H groups in total. The normalized spacial score (nSPS) is 11.5. The Bertz CT molecular complexity index is 574. The van der Waals surface area contributed by atoms with E-state index in [0.29, 0.717) is 0 Å². The largest absolute Gasteiger partial charge is 0.0839 e. The van der Waals surface area contributed by atoms with Gasteiger partial charge in [0.25, 0.3) is 0 Å². The van der Waals surface area contributed by atoms with Crippen molar-refractivity contribution in [2.24, 2.45) is 0 Å². The first-order valence-corrected chi connectivity index (χ1v) is 9.56. The number of hydrogen-bond donors (Lipinski definition) is 0. The second kappa shape index (κ2) is 11.0. The molecule has 0 fully saturated rings. The third kappa shape index (κ3) is 6.60. The number of unbranched alkanes of at least 4 members (excludes halogenated alkanes) is 9. The van der Waals surface area contributed by atoms with Crippen LogP contribution in [0.3, 0.4) is 0 Å². The van der Waals surface area contributed by atoms with E-state index in [1.165, 1.54) is 80.5 Å². The molecular formula is C23H32. The van der Waals surface area contributed by atoms with Gasteiger partial charge in [0, 0.05) is 0 Å². The van der Waals surface area contributed by atoms with E-state index in [1.807, 2.05) is 0 Å². The zero-order valence-electron chi connectivity index (χ0n) is 14.8. The molecule has 2 aromatic carbocycles. The molecule has 0 aliphatic carbocycles. The molecule has 23 heavy (non-hydrogen) atoms. The van der Waals surface area contributed by atoms with Crippen molar-refractivity contribution in [1.29, 1.82) is 0 Å². The molecule has 0 saturated carbocycles. The molecule has 0 amide bonds. The first-order chi connectivity index (χ1) is 11.4. The van der Waals surface area contributed by atoms with Gasteiger partial charge < -0.3 is 0 Å².